The first-order chi connectivity index (χ1) is 13.6. The van der Waals surface area contributed by atoms with E-state index in [9.17, 15) is 9.59 Å². The van der Waals surface area contributed by atoms with Gasteiger partial charge in [-0.15, -0.1) is 0 Å². The van der Waals surface area contributed by atoms with E-state index in [1.165, 1.54) is 13.2 Å². The zero-order chi connectivity index (χ0) is 19.9. The molecule has 0 bridgehead atoms. The Morgan fingerprint density at radius 2 is 1.93 bits per heavy atom. The maximum atomic E-state index is 12.4. The smallest absolute Gasteiger partial charge is 0.307 e. The molecule has 1 aliphatic rings. The Balaban J connectivity index is 1.72. The van der Waals surface area contributed by atoms with Gasteiger partial charge in [0, 0.05) is 11.1 Å². The summed E-state index contributed by atoms with van der Waals surface area (Å²) in [5, 5.41) is 3.27. The van der Waals surface area contributed by atoms with Gasteiger partial charge in [-0.3, -0.25) is 9.59 Å². The topological polar surface area (TPSA) is 73.9 Å². The van der Waals surface area contributed by atoms with Crippen LogP contribution in [0.3, 0.4) is 0 Å². The van der Waals surface area contributed by atoms with Crippen molar-refractivity contribution in [2.24, 2.45) is 0 Å². The number of fused-ring (bicyclic) bond motifs is 1. The molecule has 1 amide bonds. The number of methoxy groups -OCH3 is 1. The second kappa shape index (κ2) is 9.28. The number of ether oxygens (including phenoxy) is 3. The van der Waals surface area contributed by atoms with Gasteiger partial charge in [0.05, 0.1) is 19.6 Å². The molecular weight excluding hydrogens is 382 g/mol. The molecule has 1 aliphatic heterocycles. The number of hydrogen-bond acceptors (Lipinski definition) is 5. The number of benzene rings is 2. The monoisotopic (exact) mass is 401 g/mol. The van der Waals surface area contributed by atoms with Crippen LogP contribution in [0.2, 0.25) is 5.02 Å². The molecule has 0 saturated carbocycles. The molecule has 3 rings (SSSR count). The van der Waals surface area contributed by atoms with Crippen LogP contribution in [0.5, 0.6) is 11.5 Å². The van der Waals surface area contributed by atoms with Crippen molar-refractivity contribution < 1.29 is 23.8 Å². The lowest BCUT2D eigenvalue weighted by atomic mass is 10.0. The van der Waals surface area contributed by atoms with Gasteiger partial charge in [-0.05, 0) is 35.4 Å². The van der Waals surface area contributed by atoms with Crippen LogP contribution in [0.15, 0.2) is 48.5 Å². The summed E-state index contributed by atoms with van der Waals surface area (Å²) in [6.45, 7) is 1.02. The number of nitrogens with one attached hydrogen (secondary N) is 1. The Morgan fingerprint density at radius 3 is 2.68 bits per heavy atom. The Labute approximate surface area is 168 Å². The van der Waals surface area contributed by atoms with Gasteiger partial charge in [0.15, 0.2) is 11.5 Å². The molecule has 0 saturated heterocycles. The summed E-state index contributed by atoms with van der Waals surface area (Å²) in [6.07, 6.45) is 3.03. The fraction of sp³-hybridized carbons (Fsp3) is 0.238. The normalized spacial score (nSPS) is 13.8. The molecule has 0 aliphatic carbocycles. The van der Waals surface area contributed by atoms with Crippen LogP contribution in [-0.2, 0) is 14.3 Å². The molecule has 0 aromatic heterocycles. The molecule has 0 fully saturated rings. The number of carbonyl (C=O) groups is 2. The van der Waals surface area contributed by atoms with Gasteiger partial charge >= 0.3 is 5.97 Å². The predicted octanol–water partition coefficient (Wildman–Crippen LogP) is 3.55. The minimum Gasteiger partial charge on any atom is -0.486 e. The van der Waals surface area contributed by atoms with Crippen LogP contribution in [0, 0.1) is 0 Å². The highest BCUT2D eigenvalue weighted by molar-refractivity contribution is 6.31. The summed E-state index contributed by atoms with van der Waals surface area (Å²) in [5.41, 5.74) is 1.44. The van der Waals surface area contributed by atoms with E-state index >= 15 is 0 Å². The second-order valence-corrected chi connectivity index (χ2v) is 6.51. The van der Waals surface area contributed by atoms with E-state index in [0.29, 0.717) is 35.3 Å². The van der Waals surface area contributed by atoms with Crippen molar-refractivity contribution in [2.45, 2.75) is 12.5 Å². The van der Waals surface area contributed by atoms with E-state index in [1.807, 2.05) is 6.07 Å². The summed E-state index contributed by atoms with van der Waals surface area (Å²) in [6, 6.07) is 11.9. The standard InChI is InChI=1S/C21H20ClNO5/c1-26-21(25)13-17(15-4-2-3-5-16(15)22)23-20(24)9-7-14-6-8-18-19(12-14)28-11-10-27-18/h2-9,12,17H,10-11,13H2,1H3,(H,23,24)/b9-7+. The third-order valence-electron chi connectivity index (χ3n) is 4.19. The molecule has 1 heterocycles. The van der Waals surface area contributed by atoms with E-state index in [1.54, 1.807) is 42.5 Å². The average Bonchev–Trinajstić information content (AvgIpc) is 2.72. The summed E-state index contributed by atoms with van der Waals surface area (Å²) in [7, 11) is 1.30. The predicted molar refractivity (Wildman–Crippen MR) is 105 cm³/mol. The first-order valence-corrected chi connectivity index (χ1v) is 9.14. The summed E-state index contributed by atoms with van der Waals surface area (Å²) in [5.74, 6) is 0.530. The zero-order valence-electron chi connectivity index (χ0n) is 15.3. The third kappa shape index (κ3) is 5.04. The molecule has 2 aromatic carbocycles. The number of esters is 1. The van der Waals surface area contributed by atoms with Crippen LogP contribution in [-0.4, -0.2) is 32.2 Å². The van der Waals surface area contributed by atoms with Gasteiger partial charge < -0.3 is 19.5 Å². The maximum Gasteiger partial charge on any atom is 0.307 e. The first-order valence-electron chi connectivity index (χ1n) is 8.76. The van der Waals surface area contributed by atoms with Gasteiger partial charge in [0.1, 0.15) is 13.2 Å². The van der Waals surface area contributed by atoms with E-state index in [0.717, 1.165) is 5.56 Å². The molecular formula is C21H20ClNO5. The fourth-order valence-corrected chi connectivity index (χ4v) is 3.07. The summed E-state index contributed by atoms with van der Waals surface area (Å²) in [4.78, 5) is 24.2. The van der Waals surface area contributed by atoms with Gasteiger partial charge in [0.2, 0.25) is 5.91 Å². The molecule has 28 heavy (non-hydrogen) atoms. The lowest BCUT2D eigenvalue weighted by Crippen LogP contribution is -2.29. The van der Waals surface area contributed by atoms with Crippen molar-refractivity contribution >= 4 is 29.6 Å². The van der Waals surface area contributed by atoms with E-state index < -0.39 is 12.0 Å². The van der Waals surface area contributed by atoms with Crippen molar-refractivity contribution in [2.75, 3.05) is 20.3 Å². The van der Waals surface area contributed by atoms with E-state index in [4.69, 9.17) is 25.8 Å². The largest absolute Gasteiger partial charge is 0.486 e. The summed E-state index contributed by atoms with van der Waals surface area (Å²) >= 11 is 6.22. The highest BCUT2D eigenvalue weighted by atomic mass is 35.5. The average molecular weight is 402 g/mol. The molecule has 1 atom stereocenters. The Kier molecular flexibility index (Phi) is 6.55. The Hall–Kier alpha value is -2.99. The second-order valence-electron chi connectivity index (χ2n) is 6.10. The maximum absolute atomic E-state index is 12.4. The van der Waals surface area contributed by atoms with Crippen molar-refractivity contribution in [1.29, 1.82) is 0 Å². The van der Waals surface area contributed by atoms with Gasteiger partial charge in [0.25, 0.3) is 0 Å². The first kappa shape index (κ1) is 19.8. The number of amides is 1. The molecule has 0 radical (unpaired) electrons. The lowest BCUT2D eigenvalue weighted by Gasteiger charge is -2.19. The SMILES string of the molecule is COC(=O)CC(NC(=O)/C=C/c1ccc2c(c1)OCCO2)c1ccccc1Cl. The number of rotatable bonds is 6. The van der Waals surface area contributed by atoms with Crippen LogP contribution in [0.1, 0.15) is 23.6 Å². The van der Waals surface area contributed by atoms with Crippen LogP contribution in [0.25, 0.3) is 6.08 Å². The van der Waals surface area contributed by atoms with Crippen molar-refractivity contribution in [3.05, 3.63) is 64.7 Å². The summed E-state index contributed by atoms with van der Waals surface area (Å²) < 4.78 is 15.7. The Morgan fingerprint density at radius 1 is 1.18 bits per heavy atom. The molecule has 0 spiro atoms. The quantitative estimate of drug-likeness (QED) is 0.592. The molecule has 1 N–H and O–H groups in total. The molecule has 146 valence electrons. The molecule has 7 heteroatoms. The van der Waals surface area contributed by atoms with Crippen LogP contribution >= 0.6 is 11.6 Å². The molecule has 1 unspecified atom stereocenters. The lowest BCUT2D eigenvalue weighted by molar-refractivity contribution is -0.141. The van der Waals surface area contributed by atoms with Crippen LogP contribution in [0.4, 0.5) is 0 Å². The zero-order valence-corrected chi connectivity index (χ0v) is 16.1. The Bertz CT molecular complexity index is 896. The van der Waals surface area contributed by atoms with Crippen LogP contribution < -0.4 is 14.8 Å². The van der Waals surface area contributed by atoms with E-state index in [-0.39, 0.29) is 12.3 Å². The van der Waals surface area contributed by atoms with Gasteiger partial charge in [-0.25, -0.2) is 0 Å². The van der Waals surface area contributed by atoms with Gasteiger partial charge in [-0.2, -0.15) is 0 Å². The van der Waals surface area contributed by atoms with Gasteiger partial charge in [-0.1, -0.05) is 35.9 Å². The van der Waals surface area contributed by atoms with Crippen molar-refractivity contribution in [3.63, 3.8) is 0 Å². The molecule has 2 aromatic rings. The minimum absolute atomic E-state index is 0.0240. The van der Waals surface area contributed by atoms with Crippen molar-refractivity contribution in [3.8, 4) is 11.5 Å². The van der Waals surface area contributed by atoms with Crippen molar-refractivity contribution in [1.82, 2.24) is 5.32 Å². The number of halogens is 1. The van der Waals surface area contributed by atoms with E-state index in [2.05, 4.69) is 5.32 Å². The fourth-order valence-electron chi connectivity index (χ4n) is 2.80. The number of carbonyl (C=O) groups excluding carboxylic acids is 2. The minimum atomic E-state index is -0.599. The highest BCUT2D eigenvalue weighted by Crippen LogP contribution is 2.31. The number of hydrogen-bond donors (Lipinski definition) is 1. The third-order valence-corrected chi connectivity index (χ3v) is 4.53. The highest BCUT2D eigenvalue weighted by Gasteiger charge is 2.20. The molecule has 6 nitrogen and oxygen atoms in total.